The Hall–Kier alpha value is -1.32. The first-order valence-electron chi connectivity index (χ1n) is 8.84. The number of rotatable bonds is 4. The highest BCUT2D eigenvalue weighted by atomic mass is 127. The molecule has 1 amide bonds. The Kier molecular flexibility index (Phi) is 7.68. The number of thiocarbonyl (C=S) groups is 1. The van der Waals surface area contributed by atoms with Gasteiger partial charge in [-0.3, -0.25) is 4.79 Å². The van der Waals surface area contributed by atoms with Gasteiger partial charge in [0, 0.05) is 14.8 Å². The van der Waals surface area contributed by atoms with E-state index < -0.39 is 9.96 Å². The van der Waals surface area contributed by atoms with Crippen LogP contribution < -0.4 is 16.0 Å². The molecule has 0 spiro atoms. The first-order chi connectivity index (χ1) is 14.1. The Morgan fingerprint density at radius 1 is 1.03 bits per heavy atom. The molecule has 156 valence electrons. The molecule has 0 aliphatic heterocycles. The quantitative estimate of drug-likeness (QED) is 0.147. The molecule has 30 heavy (non-hydrogen) atoms. The van der Waals surface area contributed by atoms with Crippen molar-refractivity contribution in [3.8, 4) is 0 Å². The zero-order chi connectivity index (χ0) is 21.9. The zero-order valence-corrected chi connectivity index (χ0v) is 20.9. The van der Waals surface area contributed by atoms with Gasteiger partial charge in [-0.05, 0) is 82.3 Å². The smallest absolute Gasteiger partial charge is 0.253 e. The Balaban J connectivity index is 1.77. The van der Waals surface area contributed by atoms with E-state index in [2.05, 4.69) is 38.5 Å². The first-order valence-corrected chi connectivity index (χ1v) is 11.5. The van der Waals surface area contributed by atoms with Gasteiger partial charge in [-0.1, -0.05) is 71.2 Å². The number of carbonyl (C=O) groups excluding carboxylic acids is 1. The van der Waals surface area contributed by atoms with E-state index in [1.807, 2.05) is 55.5 Å². The molecule has 0 saturated carbocycles. The molecule has 3 aromatic carbocycles. The second-order valence-electron chi connectivity index (χ2n) is 6.53. The number of amides is 1. The van der Waals surface area contributed by atoms with E-state index in [9.17, 15) is 4.79 Å². The lowest BCUT2D eigenvalue weighted by atomic mass is 10.0. The largest absolute Gasteiger partial charge is 0.339 e. The molecule has 0 heterocycles. The van der Waals surface area contributed by atoms with Crippen molar-refractivity contribution in [1.82, 2.24) is 10.6 Å². The van der Waals surface area contributed by atoms with Gasteiger partial charge in [0.1, 0.15) is 6.17 Å². The SMILES string of the molecule is Cc1cc(I)ccc1NC(=S)NC(NC(=O)c1cccc2ccccc12)C(Cl)(Cl)Cl. The van der Waals surface area contributed by atoms with Gasteiger partial charge in [-0.15, -0.1) is 0 Å². The molecule has 4 nitrogen and oxygen atoms in total. The zero-order valence-electron chi connectivity index (χ0n) is 15.7. The minimum absolute atomic E-state index is 0.217. The molecule has 0 aliphatic rings. The highest BCUT2D eigenvalue weighted by Crippen LogP contribution is 2.30. The second kappa shape index (κ2) is 9.87. The number of carbonyl (C=O) groups is 1. The monoisotopic (exact) mass is 591 g/mol. The fourth-order valence-electron chi connectivity index (χ4n) is 2.89. The van der Waals surface area contributed by atoms with E-state index in [1.165, 1.54) is 0 Å². The van der Waals surface area contributed by atoms with Crippen molar-refractivity contribution in [3.63, 3.8) is 0 Å². The lowest BCUT2D eigenvalue weighted by Crippen LogP contribution is -2.56. The van der Waals surface area contributed by atoms with Crippen molar-refractivity contribution in [2.24, 2.45) is 0 Å². The van der Waals surface area contributed by atoms with E-state index >= 15 is 0 Å². The summed E-state index contributed by atoms with van der Waals surface area (Å²) in [5, 5.41) is 10.6. The number of alkyl halides is 3. The second-order valence-corrected chi connectivity index (χ2v) is 10.6. The topological polar surface area (TPSA) is 53.2 Å². The summed E-state index contributed by atoms with van der Waals surface area (Å²) in [6.07, 6.45) is -1.06. The number of nitrogens with one attached hydrogen (secondary N) is 3. The van der Waals surface area contributed by atoms with Crippen LogP contribution in [0.4, 0.5) is 5.69 Å². The van der Waals surface area contributed by atoms with Gasteiger partial charge < -0.3 is 16.0 Å². The Morgan fingerprint density at radius 2 is 1.73 bits per heavy atom. The van der Waals surface area contributed by atoms with Crippen molar-refractivity contribution < 1.29 is 4.79 Å². The van der Waals surface area contributed by atoms with E-state index in [1.54, 1.807) is 12.1 Å². The molecule has 0 saturated heterocycles. The number of anilines is 1. The summed E-state index contributed by atoms with van der Waals surface area (Å²) < 4.78 is -0.733. The van der Waals surface area contributed by atoms with E-state index in [0.717, 1.165) is 25.6 Å². The Bertz CT molecular complexity index is 1100. The van der Waals surface area contributed by atoms with Gasteiger partial charge in [-0.2, -0.15) is 0 Å². The minimum Gasteiger partial charge on any atom is -0.339 e. The molecule has 3 rings (SSSR count). The standard InChI is InChI=1S/C21H17Cl3IN3OS/c1-12-11-14(25)9-10-17(12)26-20(30)28-19(21(22,23)24)27-18(29)16-8-4-6-13-5-2-3-7-15(13)16/h2-11,19H,1H3,(H,27,29)(H2,26,28,30). The van der Waals surface area contributed by atoms with Crippen LogP contribution in [0.1, 0.15) is 15.9 Å². The van der Waals surface area contributed by atoms with Gasteiger partial charge in [0.15, 0.2) is 5.11 Å². The van der Waals surface area contributed by atoms with E-state index in [-0.39, 0.29) is 11.0 Å². The van der Waals surface area contributed by atoms with Crippen LogP contribution in [0.15, 0.2) is 60.7 Å². The van der Waals surface area contributed by atoms with Crippen LogP contribution in [0.5, 0.6) is 0 Å². The number of hydrogen-bond acceptors (Lipinski definition) is 2. The van der Waals surface area contributed by atoms with Crippen molar-refractivity contribution in [2.75, 3.05) is 5.32 Å². The summed E-state index contributed by atoms with van der Waals surface area (Å²) in [4.78, 5) is 13.0. The number of halogens is 4. The van der Waals surface area contributed by atoms with Crippen molar-refractivity contribution in [3.05, 3.63) is 75.4 Å². The molecule has 3 aromatic rings. The number of benzene rings is 3. The van der Waals surface area contributed by atoms with Crippen LogP contribution >= 0.6 is 69.6 Å². The average molecular weight is 593 g/mol. The van der Waals surface area contributed by atoms with Gasteiger partial charge in [-0.25, -0.2) is 0 Å². The molecule has 0 bridgehead atoms. The molecule has 0 aliphatic carbocycles. The molecular formula is C21H17Cl3IN3OS. The molecular weight excluding hydrogens is 576 g/mol. The molecule has 0 aromatic heterocycles. The lowest BCUT2D eigenvalue weighted by molar-refractivity contribution is 0.0936. The van der Waals surface area contributed by atoms with Crippen LogP contribution in [0.2, 0.25) is 0 Å². The highest BCUT2D eigenvalue weighted by molar-refractivity contribution is 14.1. The minimum atomic E-state index is -1.84. The third-order valence-corrected chi connectivity index (χ3v) is 5.89. The molecule has 0 fully saturated rings. The average Bonchev–Trinajstić information content (AvgIpc) is 2.68. The van der Waals surface area contributed by atoms with Crippen molar-refractivity contribution in [1.29, 1.82) is 0 Å². The maximum atomic E-state index is 13.0. The molecule has 9 heteroatoms. The van der Waals surface area contributed by atoms with Gasteiger partial charge in [0.05, 0.1) is 0 Å². The number of fused-ring (bicyclic) bond motifs is 1. The van der Waals surface area contributed by atoms with Crippen LogP contribution in [-0.4, -0.2) is 21.0 Å². The third-order valence-electron chi connectivity index (χ3n) is 4.35. The summed E-state index contributed by atoms with van der Waals surface area (Å²) in [6.45, 7) is 1.96. The van der Waals surface area contributed by atoms with Crippen LogP contribution in [0.25, 0.3) is 10.8 Å². The number of hydrogen-bond donors (Lipinski definition) is 3. The van der Waals surface area contributed by atoms with Gasteiger partial charge in [0.2, 0.25) is 3.79 Å². The normalized spacial score (nSPS) is 12.3. The first kappa shape index (κ1) is 23.3. The van der Waals surface area contributed by atoms with Gasteiger partial charge >= 0.3 is 0 Å². The van der Waals surface area contributed by atoms with Crippen LogP contribution in [0.3, 0.4) is 0 Å². The third kappa shape index (κ3) is 5.88. The Labute approximate surface area is 208 Å². The van der Waals surface area contributed by atoms with Crippen molar-refractivity contribution >= 4 is 97.1 Å². The van der Waals surface area contributed by atoms with Gasteiger partial charge in [0.25, 0.3) is 5.91 Å². The lowest BCUT2D eigenvalue weighted by Gasteiger charge is -2.28. The van der Waals surface area contributed by atoms with Crippen LogP contribution in [0, 0.1) is 10.5 Å². The summed E-state index contributed by atoms with van der Waals surface area (Å²) >= 11 is 25.9. The van der Waals surface area contributed by atoms with E-state index in [0.29, 0.717) is 5.56 Å². The fraction of sp³-hybridized carbons (Fsp3) is 0.143. The predicted molar refractivity (Wildman–Crippen MR) is 139 cm³/mol. The molecule has 3 N–H and O–H groups in total. The summed E-state index contributed by atoms with van der Waals surface area (Å²) in [5.41, 5.74) is 2.30. The fourth-order valence-corrected chi connectivity index (χ4v) is 4.09. The van der Waals surface area contributed by atoms with Crippen LogP contribution in [-0.2, 0) is 0 Å². The molecule has 0 radical (unpaired) electrons. The maximum absolute atomic E-state index is 13.0. The maximum Gasteiger partial charge on any atom is 0.253 e. The van der Waals surface area contributed by atoms with E-state index in [4.69, 9.17) is 47.0 Å². The molecule has 1 atom stereocenters. The summed E-state index contributed by atoms with van der Waals surface area (Å²) in [5.74, 6) is -0.385. The summed E-state index contributed by atoms with van der Waals surface area (Å²) in [6, 6.07) is 18.9. The highest BCUT2D eigenvalue weighted by Gasteiger charge is 2.35. The van der Waals surface area contributed by atoms with Crippen molar-refractivity contribution in [2.45, 2.75) is 16.9 Å². The predicted octanol–water partition coefficient (Wildman–Crippen LogP) is 6.17. The summed E-state index contributed by atoms with van der Waals surface area (Å²) in [7, 11) is 0. The Morgan fingerprint density at radius 3 is 2.43 bits per heavy atom. The molecule has 1 unspecified atom stereocenters. The number of aryl methyl sites for hydroxylation is 1.